The van der Waals surface area contributed by atoms with E-state index in [0.717, 1.165) is 5.56 Å². The molecule has 0 atom stereocenters. The van der Waals surface area contributed by atoms with Crippen LogP contribution in [0.3, 0.4) is 0 Å². The summed E-state index contributed by atoms with van der Waals surface area (Å²) >= 11 is 5.90. The van der Waals surface area contributed by atoms with Gasteiger partial charge in [0, 0.05) is 11.1 Å². The summed E-state index contributed by atoms with van der Waals surface area (Å²) in [6, 6.07) is 7.03. The van der Waals surface area contributed by atoms with E-state index in [9.17, 15) is 4.79 Å². The van der Waals surface area contributed by atoms with Crippen LogP contribution in [0.25, 0.3) is 6.08 Å². The minimum Gasteiger partial charge on any atom is -0.376 e. The Morgan fingerprint density at radius 3 is 3.00 bits per heavy atom. The van der Waals surface area contributed by atoms with Gasteiger partial charge in [0.05, 0.1) is 5.57 Å². The van der Waals surface area contributed by atoms with Crippen molar-refractivity contribution in [1.29, 1.82) is 5.41 Å². The van der Waals surface area contributed by atoms with Crippen molar-refractivity contribution in [3.8, 4) is 0 Å². The lowest BCUT2D eigenvalue weighted by Gasteiger charge is -2.22. The number of carbonyl (C=O) groups excluding carboxylic acids is 1. The first kappa shape index (κ1) is 12.6. The van der Waals surface area contributed by atoms with E-state index < -0.39 is 5.91 Å². The van der Waals surface area contributed by atoms with Gasteiger partial charge in [0.1, 0.15) is 5.76 Å². The average Bonchev–Trinajstić information content (AvgIpc) is 2.75. The fraction of sp³-hybridized carbons (Fsp3) is 0.0714. The molecule has 2 aliphatic heterocycles. The van der Waals surface area contributed by atoms with E-state index in [4.69, 9.17) is 21.8 Å². The SMILES string of the molecule is CC1=CC2=NC(=O)C(=Cc3cccc(Cl)c3)C(=N)N2O1. The first-order valence-corrected chi connectivity index (χ1v) is 6.28. The van der Waals surface area contributed by atoms with Crippen molar-refractivity contribution in [1.82, 2.24) is 5.06 Å². The van der Waals surface area contributed by atoms with E-state index in [-0.39, 0.29) is 11.4 Å². The number of fused-ring (bicyclic) bond motifs is 1. The molecule has 0 fully saturated rings. The highest BCUT2D eigenvalue weighted by Crippen LogP contribution is 2.24. The maximum Gasteiger partial charge on any atom is 0.282 e. The van der Waals surface area contributed by atoms with Gasteiger partial charge < -0.3 is 4.84 Å². The molecule has 20 heavy (non-hydrogen) atoms. The van der Waals surface area contributed by atoms with Crippen LogP contribution in [0, 0.1) is 5.41 Å². The van der Waals surface area contributed by atoms with E-state index >= 15 is 0 Å². The molecule has 2 heterocycles. The number of rotatable bonds is 1. The Morgan fingerprint density at radius 2 is 2.25 bits per heavy atom. The highest BCUT2D eigenvalue weighted by atomic mass is 35.5. The number of amidine groups is 2. The molecule has 1 aromatic rings. The van der Waals surface area contributed by atoms with Crippen molar-refractivity contribution in [3.05, 3.63) is 52.3 Å². The van der Waals surface area contributed by atoms with Gasteiger partial charge in [0.15, 0.2) is 11.7 Å². The number of hydroxylamine groups is 2. The molecule has 1 amide bonds. The topological polar surface area (TPSA) is 65.8 Å². The van der Waals surface area contributed by atoms with Crippen molar-refractivity contribution < 1.29 is 9.63 Å². The number of halogens is 1. The van der Waals surface area contributed by atoms with Crippen LogP contribution < -0.4 is 0 Å². The average molecular weight is 288 g/mol. The summed E-state index contributed by atoms with van der Waals surface area (Å²) in [5.74, 6) is 0.426. The summed E-state index contributed by atoms with van der Waals surface area (Å²) in [4.78, 5) is 21.2. The Kier molecular flexibility index (Phi) is 2.91. The molecule has 0 aromatic heterocycles. The molecule has 2 aliphatic rings. The lowest BCUT2D eigenvalue weighted by molar-refractivity contribution is -0.114. The zero-order chi connectivity index (χ0) is 14.3. The van der Waals surface area contributed by atoms with Gasteiger partial charge in [0.2, 0.25) is 0 Å². The van der Waals surface area contributed by atoms with Crippen LogP contribution in [0.1, 0.15) is 12.5 Å². The number of hydrogen-bond acceptors (Lipinski definition) is 3. The van der Waals surface area contributed by atoms with Gasteiger partial charge in [-0.15, -0.1) is 5.06 Å². The number of allylic oxidation sites excluding steroid dienone is 1. The number of amides is 1. The Balaban J connectivity index is 2.00. The Morgan fingerprint density at radius 1 is 1.45 bits per heavy atom. The van der Waals surface area contributed by atoms with Crippen LogP contribution in [0.5, 0.6) is 0 Å². The predicted octanol–water partition coefficient (Wildman–Crippen LogP) is 2.79. The molecule has 6 heteroatoms. The fourth-order valence-corrected chi connectivity index (χ4v) is 2.16. The highest BCUT2D eigenvalue weighted by molar-refractivity contribution is 6.33. The molecule has 0 saturated heterocycles. The molecule has 0 spiro atoms. The number of nitrogens with zero attached hydrogens (tertiary/aromatic N) is 2. The van der Waals surface area contributed by atoms with Crippen LogP contribution in [0.15, 0.2) is 46.7 Å². The molecular formula is C14H10ClN3O2. The molecule has 3 rings (SSSR count). The molecule has 0 unspecified atom stereocenters. The summed E-state index contributed by atoms with van der Waals surface area (Å²) in [6.07, 6.45) is 3.19. The van der Waals surface area contributed by atoms with Crippen LogP contribution in [0.4, 0.5) is 0 Å². The van der Waals surface area contributed by atoms with Crippen molar-refractivity contribution in [2.45, 2.75) is 6.92 Å². The highest BCUT2D eigenvalue weighted by Gasteiger charge is 2.34. The van der Waals surface area contributed by atoms with Crippen molar-refractivity contribution in [2.75, 3.05) is 0 Å². The van der Waals surface area contributed by atoms with Crippen molar-refractivity contribution in [2.24, 2.45) is 4.99 Å². The van der Waals surface area contributed by atoms with E-state index in [0.29, 0.717) is 16.6 Å². The van der Waals surface area contributed by atoms with E-state index in [1.165, 1.54) is 5.06 Å². The largest absolute Gasteiger partial charge is 0.376 e. The zero-order valence-electron chi connectivity index (χ0n) is 10.6. The summed E-state index contributed by atoms with van der Waals surface area (Å²) in [6.45, 7) is 1.74. The molecule has 0 bridgehead atoms. The second kappa shape index (κ2) is 4.61. The normalized spacial score (nSPS) is 19.7. The number of carbonyl (C=O) groups is 1. The zero-order valence-corrected chi connectivity index (χ0v) is 11.3. The molecule has 100 valence electrons. The molecule has 0 aliphatic carbocycles. The quantitative estimate of drug-likeness (QED) is 0.808. The third-order valence-electron chi connectivity index (χ3n) is 2.84. The monoisotopic (exact) mass is 287 g/mol. The van der Waals surface area contributed by atoms with E-state index in [2.05, 4.69) is 4.99 Å². The van der Waals surface area contributed by atoms with Crippen LogP contribution in [-0.4, -0.2) is 22.6 Å². The van der Waals surface area contributed by atoms with Gasteiger partial charge in [-0.3, -0.25) is 10.2 Å². The van der Waals surface area contributed by atoms with Gasteiger partial charge in [-0.2, -0.15) is 4.99 Å². The summed E-state index contributed by atoms with van der Waals surface area (Å²) in [5.41, 5.74) is 0.896. The molecule has 1 aromatic carbocycles. The molecule has 5 nitrogen and oxygen atoms in total. The van der Waals surface area contributed by atoms with Gasteiger partial charge in [-0.05, 0) is 30.7 Å². The van der Waals surface area contributed by atoms with Gasteiger partial charge in [-0.1, -0.05) is 23.7 Å². The number of nitrogens with one attached hydrogen (secondary N) is 1. The molecule has 0 saturated carbocycles. The number of benzene rings is 1. The standard InChI is InChI=1S/C14H10ClN3O2/c1-8-5-12-17-14(19)11(13(16)18(12)20-8)7-9-3-2-4-10(15)6-9/h2-7,16H,1H3. The van der Waals surface area contributed by atoms with Crippen LogP contribution in [0.2, 0.25) is 5.02 Å². The lowest BCUT2D eigenvalue weighted by Crippen LogP contribution is -2.38. The Labute approximate surface area is 120 Å². The smallest absolute Gasteiger partial charge is 0.282 e. The first-order valence-electron chi connectivity index (χ1n) is 5.90. The maximum absolute atomic E-state index is 12.0. The fourth-order valence-electron chi connectivity index (χ4n) is 1.96. The molecule has 1 N–H and O–H groups in total. The maximum atomic E-state index is 12.0. The van der Waals surface area contributed by atoms with E-state index in [1.54, 1.807) is 43.3 Å². The van der Waals surface area contributed by atoms with Crippen LogP contribution in [-0.2, 0) is 9.63 Å². The summed E-state index contributed by atoms with van der Waals surface area (Å²) in [7, 11) is 0. The third kappa shape index (κ3) is 2.12. The third-order valence-corrected chi connectivity index (χ3v) is 3.08. The predicted molar refractivity (Wildman–Crippen MR) is 76.3 cm³/mol. The minimum atomic E-state index is -0.462. The van der Waals surface area contributed by atoms with Gasteiger partial charge >= 0.3 is 0 Å². The summed E-state index contributed by atoms with van der Waals surface area (Å²) < 4.78 is 0. The Bertz CT molecular complexity index is 719. The van der Waals surface area contributed by atoms with Crippen molar-refractivity contribution in [3.63, 3.8) is 0 Å². The van der Waals surface area contributed by atoms with E-state index in [1.807, 2.05) is 0 Å². The van der Waals surface area contributed by atoms with Crippen molar-refractivity contribution >= 4 is 35.3 Å². The Hall–Kier alpha value is -2.40. The number of hydrogen-bond donors (Lipinski definition) is 1. The van der Waals surface area contributed by atoms with Gasteiger partial charge in [0.25, 0.3) is 5.91 Å². The second-order valence-electron chi connectivity index (χ2n) is 4.38. The molecular weight excluding hydrogens is 278 g/mol. The number of aliphatic imine (C=N–C) groups is 1. The summed E-state index contributed by atoms with van der Waals surface area (Å²) in [5, 5.41) is 9.85. The molecule has 0 radical (unpaired) electrons. The van der Waals surface area contributed by atoms with Crippen LogP contribution >= 0.6 is 11.6 Å². The lowest BCUT2D eigenvalue weighted by atomic mass is 10.1. The van der Waals surface area contributed by atoms with Gasteiger partial charge in [-0.25, -0.2) is 0 Å². The minimum absolute atomic E-state index is 0.0342. The first-order chi connectivity index (χ1) is 9.54. The second-order valence-corrected chi connectivity index (χ2v) is 4.81.